The van der Waals surface area contributed by atoms with Crippen molar-refractivity contribution in [1.82, 2.24) is 9.97 Å². The lowest BCUT2D eigenvalue weighted by molar-refractivity contribution is 0.0635. The molecule has 2 rings (SSSR count). The highest BCUT2D eigenvalue weighted by Crippen LogP contribution is 2.17. The lowest BCUT2D eigenvalue weighted by atomic mass is 10.2. The van der Waals surface area contributed by atoms with Crippen LogP contribution in [-0.2, 0) is 4.74 Å². The van der Waals surface area contributed by atoms with Gasteiger partial charge in [0, 0.05) is 28.9 Å². The molecule has 2 aromatic heterocycles. The molecule has 1 amide bonds. The average molecular weight is 259 g/mol. The number of hydrogen-bond donors (Lipinski definition) is 1. The maximum Gasteiger partial charge on any atom is 0.413 e. The molecule has 0 aliphatic heterocycles. The van der Waals surface area contributed by atoms with Gasteiger partial charge in [-0.15, -0.1) is 0 Å². The van der Waals surface area contributed by atoms with Crippen LogP contribution >= 0.6 is 0 Å². The van der Waals surface area contributed by atoms with E-state index in [-0.39, 0.29) is 0 Å². The molecule has 0 bridgehead atoms. The molecule has 0 radical (unpaired) electrons. The largest absolute Gasteiger partial charge is 0.444 e. The summed E-state index contributed by atoms with van der Waals surface area (Å²) >= 11 is 0. The molecule has 0 aliphatic rings. The highest BCUT2D eigenvalue weighted by molar-refractivity contribution is 5.89. The molecule has 5 nitrogen and oxygen atoms in total. The van der Waals surface area contributed by atoms with E-state index in [4.69, 9.17) is 4.74 Å². The molecule has 0 fully saturated rings. The maximum atomic E-state index is 11.6. The third-order valence-electron chi connectivity index (χ3n) is 2.37. The third-order valence-corrected chi connectivity index (χ3v) is 2.37. The predicted octanol–water partition coefficient (Wildman–Crippen LogP) is 3.29. The number of nitrogens with zero attached hydrogens (tertiary/aromatic N) is 2. The van der Waals surface area contributed by atoms with E-state index >= 15 is 0 Å². The maximum absolute atomic E-state index is 11.6. The summed E-state index contributed by atoms with van der Waals surface area (Å²) in [6.45, 7) is 7.36. The van der Waals surface area contributed by atoms with E-state index in [0.29, 0.717) is 5.82 Å². The summed E-state index contributed by atoms with van der Waals surface area (Å²) in [5.74, 6) is 0.451. The quantitative estimate of drug-likeness (QED) is 0.853. The van der Waals surface area contributed by atoms with Crippen molar-refractivity contribution in [1.29, 1.82) is 0 Å². The Kier molecular flexibility index (Phi) is 3.38. The number of ether oxygens (including phenoxy) is 1. The Bertz CT molecular complexity index is 618. The molecule has 2 aromatic rings. The Hall–Kier alpha value is -2.17. The van der Waals surface area contributed by atoms with Crippen molar-refractivity contribution in [3.8, 4) is 0 Å². The van der Waals surface area contributed by atoms with Gasteiger partial charge in [-0.25, -0.2) is 9.78 Å². The molecule has 0 spiro atoms. The van der Waals surface area contributed by atoms with Crippen LogP contribution in [0.5, 0.6) is 0 Å². The minimum atomic E-state index is -0.528. The van der Waals surface area contributed by atoms with Gasteiger partial charge in [0.15, 0.2) is 0 Å². The number of rotatable bonds is 1. The fraction of sp³-hybridized carbons (Fsp3) is 0.357. The van der Waals surface area contributed by atoms with Crippen molar-refractivity contribution in [2.45, 2.75) is 33.3 Å². The Morgan fingerprint density at radius 3 is 2.47 bits per heavy atom. The normalized spacial score (nSPS) is 11.4. The zero-order valence-corrected chi connectivity index (χ0v) is 11.5. The van der Waals surface area contributed by atoms with E-state index in [9.17, 15) is 4.79 Å². The summed E-state index contributed by atoms with van der Waals surface area (Å²) in [6, 6.07) is 3.71. The van der Waals surface area contributed by atoms with Gasteiger partial charge >= 0.3 is 6.09 Å². The SMILES string of the molecule is Cc1cc2cnc(NC(=O)OC(C)(C)C)cc2cn1. The zero-order valence-electron chi connectivity index (χ0n) is 11.5. The second kappa shape index (κ2) is 4.84. The van der Waals surface area contributed by atoms with Crippen LogP contribution in [-0.4, -0.2) is 21.7 Å². The van der Waals surface area contributed by atoms with Crippen molar-refractivity contribution in [2.24, 2.45) is 0 Å². The first-order valence-corrected chi connectivity index (χ1v) is 6.06. The molecular formula is C14H17N3O2. The van der Waals surface area contributed by atoms with Crippen LogP contribution in [0.4, 0.5) is 10.6 Å². The minimum absolute atomic E-state index is 0.451. The number of carbonyl (C=O) groups excluding carboxylic acids is 1. The second-order valence-corrected chi connectivity index (χ2v) is 5.37. The topological polar surface area (TPSA) is 64.1 Å². The molecule has 1 N–H and O–H groups in total. The van der Waals surface area contributed by atoms with Gasteiger partial charge in [-0.05, 0) is 39.8 Å². The zero-order chi connectivity index (χ0) is 14.0. The van der Waals surface area contributed by atoms with E-state index in [0.717, 1.165) is 16.5 Å². The highest BCUT2D eigenvalue weighted by Gasteiger charge is 2.16. The van der Waals surface area contributed by atoms with E-state index in [1.807, 2.05) is 33.8 Å². The number of anilines is 1. The van der Waals surface area contributed by atoms with Crippen molar-refractivity contribution >= 4 is 22.7 Å². The Morgan fingerprint density at radius 2 is 1.79 bits per heavy atom. The Labute approximate surface area is 112 Å². The van der Waals surface area contributed by atoms with Crippen LogP contribution in [0.3, 0.4) is 0 Å². The van der Waals surface area contributed by atoms with E-state index in [1.165, 1.54) is 0 Å². The molecule has 5 heteroatoms. The smallest absolute Gasteiger partial charge is 0.413 e. The monoisotopic (exact) mass is 259 g/mol. The van der Waals surface area contributed by atoms with Crippen LogP contribution < -0.4 is 5.32 Å². The minimum Gasteiger partial charge on any atom is -0.444 e. The first kappa shape index (κ1) is 13.3. The fourth-order valence-corrected chi connectivity index (χ4v) is 1.62. The van der Waals surface area contributed by atoms with Crippen LogP contribution in [0.15, 0.2) is 24.5 Å². The van der Waals surface area contributed by atoms with E-state index in [2.05, 4.69) is 15.3 Å². The van der Waals surface area contributed by atoms with Gasteiger partial charge in [0.25, 0.3) is 0 Å². The van der Waals surface area contributed by atoms with Crippen LogP contribution in [0.25, 0.3) is 10.8 Å². The first-order chi connectivity index (χ1) is 8.83. The molecule has 100 valence electrons. The number of amides is 1. The number of pyridine rings is 2. The molecular weight excluding hydrogens is 242 g/mol. The molecule has 0 aliphatic carbocycles. The van der Waals surface area contributed by atoms with Gasteiger partial charge in [0.05, 0.1) is 0 Å². The number of fused-ring (bicyclic) bond motifs is 1. The highest BCUT2D eigenvalue weighted by atomic mass is 16.6. The van der Waals surface area contributed by atoms with Crippen LogP contribution in [0.1, 0.15) is 26.5 Å². The van der Waals surface area contributed by atoms with Gasteiger partial charge in [0.2, 0.25) is 0 Å². The lowest BCUT2D eigenvalue weighted by Gasteiger charge is -2.19. The van der Waals surface area contributed by atoms with Crippen molar-refractivity contribution in [3.63, 3.8) is 0 Å². The molecule has 0 atom stereocenters. The number of hydrogen-bond acceptors (Lipinski definition) is 4. The molecule has 0 unspecified atom stereocenters. The number of aryl methyl sites for hydroxylation is 1. The Balaban J connectivity index is 2.18. The third kappa shape index (κ3) is 3.64. The van der Waals surface area contributed by atoms with Crippen LogP contribution in [0.2, 0.25) is 0 Å². The number of nitrogens with one attached hydrogen (secondary N) is 1. The van der Waals surface area contributed by atoms with Gasteiger partial charge in [-0.2, -0.15) is 0 Å². The van der Waals surface area contributed by atoms with Crippen LogP contribution in [0, 0.1) is 6.92 Å². The van der Waals surface area contributed by atoms with Gasteiger partial charge in [0.1, 0.15) is 11.4 Å². The van der Waals surface area contributed by atoms with E-state index in [1.54, 1.807) is 18.5 Å². The van der Waals surface area contributed by atoms with E-state index < -0.39 is 11.7 Å². The van der Waals surface area contributed by atoms with Gasteiger partial charge in [-0.3, -0.25) is 10.3 Å². The van der Waals surface area contributed by atoms with Gasteiger partial charge < -0.3 is 4.74 Å². The molecule has 0 saturated carbocycles. The molecule has 0 saturated heterocycles. The average Bonchev–Trinajstić information content (AvgIpc) is 2.26. The number of carbonyl (C=O) groups is 1. The van der Waals surface area contributed by atoms with Crippen molar-refractivity contribution in [2.75, 3.05) is 5.32 Å². The predicted molar refractivity (Wildman–Crippen MR) is 74.1 cm³/mol. The standard InChI is InChI=1S/C14H17N3O2/c1-9-5-10-8-16-12(6-11(10)7-15-9)17-13(18)19-14(2,3)4/h5-8H,1-4H3,(H,16,17,18). The summed E-state index contributed by atoms with van der Waals surface area (Å²) in [6.07, 6.45) is 2.95. The Morgan fingerprint density at radius 1 is 1.16 bits per heavy atom. The summed E-state index contributed by atoms with van der Waals surface area (Å²) in [4.78, 5) is 20.0. The molecule has 0 aromatic carbocycles. The van der Waals surface area contributed by atoms with Gasteiger partial charge in [-0.1, -0.05) is 0 Å². The van der Waals surface area contributed by atoms with Crippen molar-refractivity contribution in [3.05, 3.63) is 30.2 Å². The lowest BCUT2D eigenvalue weighted by Crippen LogP contribution is -2.27. The number of aromatic nitrogens is 2. The molecule has 19 heavy (non-hydrogen) atoms. The first-order valence-electron chi connectivity index (χ1n) is 6.06. The summed E-state index contributed by atoms with van der Waals surface area (Å²) in [7, 11) is 0. The summed E-state index contributed by atoms with van der Waals surface area (Å²) < 4.78 is 5.17. The molecule has 2 heterocycles. The summed E-state index contributed by atoms with van der Waals surface area (Å²) in [5.41, 5.74) is 0.404. The second-order valence-electron chi connectivity index (χ2n) is 5.37. The van der Waals surface area contributed by atoms with Crippen molar-refractivity contribution < 1.29 is 9.53 Å². The fourth-order valence-electron chi connectivity index (χ4n) is 1.62. The summed E-state index contributed by atoms with van der Waals surface area (Å²) in [5, 5.41) is 4.52.